The highest BCUT2D eigenvalue weighted by Crippen LogP contribution is 2.27. The van der Waals surface area contributed by atoms with Crippen LogP contribution in [0.4, 0.5) is 4.39 Å². The van der Waals surface area contributed by atoms with Gasteiger partial charge in [-0.3, -0.25) is 4.79 Å². The monoisotopic (exact) mass is 209 g/mol. The zero-order valence-corrected chi connectivity index (χ0v) is 8.42. The molecule has 0 spiro atoms. The fourth-order valence-electron chi connectivity index (χ4n) is 1.76. The molecule has 0 bridgehead atoms. The Labute approximate surface area is 87.2 Å². The second-order valence-electron chi connectivity index (χ2n) is 3.55. The number of nitrogens with one attached hydrogen (secondary N) is 1. The van der Waals surface area contributed by atoms with E-state index in [-0.39, 0.29) is 17.7 Å². The first-order valence-corrected chi connectivity index (χ1v) is 4.83. The van der Waals surface area contributed by atoms with Gasteiger partial charge in [0, 0.05) is 6.42 Å². The van der Waals surface area contributed by atoms with Gasteiger partial charge in [-0.1, -0.05) is 6.07 Å². The molecule has 15 heavy (non-hydrogen) atoms. The minimum atomic E-state index is -0.392. The van der Waals surface area contributed by atoms with Gasteiger partial charge in [-0.2, -0.15) is 0 Å². The molecule has 1 aromatic rings. The Hall–Kier alpha value is -1.58. The lowest BCUT2D eigenvalue weighted by atomic mass is 10.1. The van der Waals surface area contributed by atoms with Gasteiger partial charge in [0.2, 0.25) is 5.91 Å². The van der Waals surface area contributed by atoms with Crippen LogP contribution in [0, 0.1) is 5.82 Å². The molecule has 0 aromatic heterocycles. The largest absolute Gasteiger partial charge is 0.494 e. The van der Waals surface area contributed by atoms with E-state index in [4.69, 9.17) is 4.74 Å². The van der Waals surface area contributed by atoms with Crippen LogP contribution in [0.5, 0.6) is 5.75 Å². The number of carbonyl (C=O) groups is 1. The van der Waals surface area contributed by atoms with Crippen LogP contribution >= 0.6 is 0 Å². The van der Waals surface area contributed by atoms with E-state index < -0.39 is 5.82 Å². The SMILES string of the molecule is COc1ccc(C2CCC(=O)N2)cc1F. The van der Waals surface area contributed by atoms with E-state index in [1.807, 2.05) is 0 Å². The fraction of sp³-hybridized carbons (Fsp3) is 0.364. The van der Waals surface area contributed by atoms with Crippen molar-refractivity contribution in [2.45, 2.75) is 18.9 Å². The van der Waals surface area contributed by atoms with E-state index >= 15 is 0 Å². The molecule has 1 amide bonds. The first kappa shape index (κ1) is 9.96. The Morgan fingerprint density at radius 2 is 2.33 bits per heavy atom. The van der Waals surface area contributed by atoms with Gasteiger partial charge in [-0.05, 0) is 24.1 Å². The topological polar surface area (TPSA) is 38.3 Å². The van der Waals surface area contributed by atoms with Gasteiger partial charge in [0.1, 0.15) is 0 Å². The van der Waals surface area contributed by atoms with Crippen molar-refractivity contribution in [3.05, 3.63) is 29.6 Å². The van der Waals surface area contributed by atoms with Crippen molar-refractivity contribution in [3.63, 3.8) is 0 Å². The molecule has 0 saturated carbocycles. The van der Waals surface area contributed by atoms with E-state index in [9.17, 15) is 9.18 Å². The van der Waals surface area contributed by atoms with Crippen LogP contribution in [-0.4, -0.2) is 13.0 Å². The van der Waals surface area contributed by atoms with Crippen molar-refractivity contribution in [1.82, 2.24) is 5.32 Å². The lowest BCUT2D eigenvalue weighted by Crippen LogP contribution is -2.18. The predicted octanol–water partition coefficient (Wildman–Crippen LogP) is 1.79. The van der Waals surface area contributed by atoms with Crippen molar-refractivity contribution < 1.29 is 13.9 Å². The molecule has 1 saturated heterocycles. The number of halogens is 1. The molecule has 1 heterocycles. The van der Waals surface area contributed by atoms with Crippen LogP contribution in [0.1, 0.15) is 24.4 Å². The van der Waals surface area contributed by atoms with Gasteiger partial charge in [0.25, 0.3) is 0 Å². The summed E-state index contributed by atoms with van der Waals surface area (Å²) >= 11 is 0. The number of amides is 1. The summed E-state index contributed by atoms with van der Waals surface area (Å²) in [5, 5.41) is 2.79. The van der Waals surface area contributed by atoms with Gasteiger partial charge in [0.05, 0.1) is 13.2 Å². The summed E-state index contributed by atoms with van der Waals surface area (Å²) in [6, 6.07) is 4.71. The predicted molar refractivity (Wildman–Crippen MR) is 53.1 cm³/mol. The average Bonchev–Trinajstić information content (AvgIpc) is 2.65. The van der Waals surface area contributed by atoms with E-state index in [2.05, 4.69) is 5.32 Å². The lowest BCUT2D eigenvalue weighted by Gasteiger charge is -2.11. The number of hydrogen-bond donors (Lipinski definition) is 1. The Morgan fingerprint density at radius 1 is 1.53 bits per heavy atom. The Balaban J connectivity index is 2.22. The molecule has 1 aliphatic rings. The zero-order chi connectivity index (χ0) is 10.8. The van der Waals surface area contributed by atoms with E-state index in [1.54, 1.807) is 12.1 Å². The van der Waals surface area contributed by atoms with Gasteiger partial charge >= 0.3 is 0 Å². The van der Waals surface area contributed by atoms with Crippen molar-refractivity contribution in [3.8, 4) is 5.75 Å². The maximum atomic E-state index is 13.4. The second-order valence-corrected chi connectivity index (χ2v) is 3.55. The number of ether oxygens (including phenoxy) is 1. The maximum absolute atomic E-state index is 13.4. The Bertz CT molecular complexity index is 392. The van der Waals surface area contributed by atoms with Crippen molar-refractivity contribution in [2.75, 3.05) is 7.11 Å². The molecule has 1 N–H and O–H groups in total. The zero-order valence-electron chi connectivity index (χ0n) is 8.42. The highest BCUT2D eigenvalue weighted by Gasteiger charge is 2.22. The molecular weight excluding hydrogens is 197 g/mol. The van der Waals surface area contributed by atoms with Crippen LogP contribution in [0.2, 0.25) is 0 Å². The van der Waals surface area contributed by atoms with Crippen molar-refractivity contribution in [1.29, 1.82) is 0 Å². The average molecular weight is 209 g/mol. The summed E-state index contributed by atoms with van der Waals surface area (Å²) in [7, 11) is 1.43. The van der Waals surface area contributed by atoms with Gasteiger partial charge < -0.3 is 10.1 Å². The molecule has 3 nitrogen and oxygen atoms in total. The molecule has 4 heteroatoms. The molecule has 2 rings (SSSR count). The molecule has 0 aliphatic carbocycles. The van der Waals surface area contributed by atoms with Gasteiger partial charge in [0.15, 0.2) is 11.6 Å². The summed E-state index contributed by atoms with van der Waals surface area (Å²) in [5.41, 5.74) is 0.791. The third-order valence-corrected chi connectivity index (χ3v) is 2.57. The highest BCUT2D eigenvalue weighted by molar-refractivity contribution is 5.78. The maximum Gasteiger partial charge on any atom is 0.220 e. The normalized spacial score (nSPS) is 20.1. The quantitative estimate of drug-likeness (QED) is 0.806. The molecule has 1 aliphatic heterocycles. The van der Waals surface area contributed by atoms with Crippen molar-refractivity contribution in [2.24, 2.45) is 0 Å². The number of methoxy groups -OCH3 is 1. The standard InChI is InChI=1S/C11H12FNO2/c1-15-10-4-2-7(6-8(10)12)9-3-5-11(14)13-9/h2,4,6,9H,3,5H2,1H3,(H,13,14). The first-order valence-electron chi connectivity index (χ1n) is 4.83. The van der Waals surface area contributed by atoms with E-state index in [1.165, 1.54) is 13.2 Å². The highest BCUT2D eigenvalue weighted by atomic mass is 19.1. The number of carbonyl (C=O) groups excluding carboxylic acids is 1. The van der Waals surface area contributed by atoms with Gasteiger partial charge in [-0.15, -0.1) is 0 Å². The summed E-state index contributed by atoms with van der Waals surface area (Å²) in [5.74, 6) is -0.143. The van der Waals surface area contributed by atoms with Crippen LogP contribution in [-0.2, 0) is 4.79 Å². The molecule has 80 valence electrons. The summed E-state index contributed by atoms with van der Waals surface area (Å²) in [6.45, 7) is 0. The Morgan fingerprint density at radius 3 is 2.87 bits per heavy atom. The summed E-state index contributed by atoms with van der Waals surface area (Å²) in [4.78, 5) is 11.0. The van der Waals surface area contributed by atoms with E-state index in [0.29, 0.717) is 6.42 Å². The van der Waals surface area contributed by atoms with Crippen LogP contribution < -0.4 is 10.1 Å². The second kappa shape index (κ2) is 3.88. The number of hydrogen-bond acceptors (Lipinski definition) is 2. The third-order valence-electron chi connectivity index (χ3n) is 2.57. The Kier molecular flexibility index (Phi) is 2.58. The third kappa shape index (κ3) is 1.93. The molecule has 1 fully saturated rings. The summed E-state index contributed by atoms with van der Waals surface area (Å²) in [6.07, 6.45) is 1.24. The minimum absolute atomic E-state index is 0.0243. The van der Waals surface area contributed by atoms with Crippen LogP contribution in [0.15, 0.2) is 18.2 Å². The first-order chi connectivity index (χ1) is 7.20. The molecule has 1 unspecified atom stereocenters. The number of benzene rings is 1. The molecular formula is C11H12FNO2. The molecule has 1 aromatic carbocycles. The van der Waals surface area contributed by atoms with Crippen molar-refractivity contribution >= 4 is 5.91 Å². The van der Waals surface area contributed by atoms with Gasteiger partial charge in [-0.25, -0.2) is 4.39 Å². The van der Waals surface area contributed by atoms with Crippen LogP contribution in [0.3, 0.4) is 0 Å². The number of rotatable bonds is 2. The smallest absolute Gasteiger partial charge is 0.220 e. The molecule has 1 atom stereocenters. The molecule has 0 radical (unpaired) electrons. The summed E-state index contributed by atoms with van der Waals surface area (Å²) < 4.78 is 18.2. The van der Waals surface area contributed by atoms with E-state index in [0.717, 1.165) is 12.0 Å². The lowest BCUT2D eigenvalue weighted by molar-refractivity contribution is -0.119. The van der Waals surface area contributed by atoms with Crippen LogP contribution in [0.25, 0.3) is 0 Å². The fourth-order valence-corrected chi connectivity index (χ4v) is 1.76. The minimum Gasteiger partial charge on any atom is -0.494 e.